The summed E-state index contributed by atoms with van der Waals surface area (Å²) in [6, 6.07) is 0. The van der Waals surface area contributed by atoms with Gasteiger partial charge in [0.15, 0.2) is 10.9 Å². The van der Waals surface area contributed by atoms with Crippen LogP contribution in [0.4, 0.5) is 10.9 Å². The second-order valence-corrected chi connectivity index (χ2v) is 7.09. The molecule has 0 radical (unpaired) electrons. The van der Waals surface area contributed by atoms with Crippen molar-refractivity contribution in [3.05, 3.63) is 45.8 Å². The molecule has 0 saturated heterocycles. The standard InChI is InChI=1S/C16H21N5S2/c1-5-6-13(17)23-15(10(2)3)12-9-22-16(20-12)21-14-8-18-11(4)7-19-14/h6-9H,5,17H2,1-4H3,(H,19,20,21)/b13-6+. The molecule has 23 heavy (non-hydrogen) atoms. The molecule has 0 aliphatic rings. The first-order valence-electron chi connectivity index (χ1n) is 7.32. The van der Waals surface area contributed by atoms with Crippen molar-refractivity contribution in [2.75, 3.05) is 5.32 Å². The highest BCUT2D eigenvalue weighted by atomic mass is 32.2. The normalized spacial score (nSPS) is 11.4. The van der Waals surface area contributed by atoms with Crippen molar-refractivity contribution < 1.29 is 0 Å². The van der Waals surface area contributed by atoms with E-state index in [1.807, 2.05) is 18.4 Å². The van der Waals surface area contributed by atoms with Crippen LogP contribution >= 0.6 is 23.1 Å². The van der Waals surface area contributed by atoms with Gasteiger partial charge in [-0.15, -0.1) is 11.3 Å². The molecular weight excluding hydrogens is 326 g/mol. The number of hydrogen-bond donors (Lipinski definition) is 2. The van der Waals surface area contributed by atoms with E-state index in [4.69, 9.17) is 5.73 Å². The highest BCUT2D eigenvalue weighted by Gasteiger charge is 2.11. The molecule has 7 heteroatoms. The molecule has 5 nitrogen and oxygen atoms in total. The fourth-order valence-corrected chi connectivity index (χ4v) is 3.46. The Morgan fingerprint density at radius 3 is 2.74 bits per heavy atom. The first-order chi connectivity index (χ1) is 11.0. The molecule has 0 atom stereocenters. The Balaban J connectivity index is 2.17. The van der Waals surface area contributed by atoms with E-state index in [0.29, 0.717) is 5.82 Å². The van der Waals surface area contributed by atoms with Gasteiger partial charge in [0.1, 0.15) is 0 Å². The summed E-state index contributed by atoms with van der Waals surface area (Å²) in [6.07, 6.45) is 6.37. The van der Waals surface area contributed by atoms with E-state index in [1.54, 1.807) is 24.2 Å². The van der Waals surface area contributed by atoms with Crippen molar-refractivity contribution in [3.63, 3.8) is 0 Å². The number of aromatic nitrogens is 3. The van der Waals surface area contributed by atoms with Gasteiger partial charge < -0.3 is 11.1 Å². The number of thiazole rings is 1. The Kier molecular flexibility index (Phi) is 6.18. The van der Waals surface area contributed by atoms with Crippen LogP contribution in [0.2, 0.25) is 0 Å². The molecule has 3 N–H and O–H groups in total. The lowest BCUT2D eigenvalue weighted by Crippen LogP contribution is -1.96. The molecule has 2 rings (SSSR count). The molecular formula is C16H21N5S2. The predicted octanol–water partition coefficient (Wildman–Crippen LogP) is 4.68. The van der Waals surface area contributed by atoms with Crippen molar-refractivity contribution in [1.29, 1.82) is 0 Å². The quantitative estimate of drug-likeness (QED) is 0.790. The Morgan fingerprint density at radius 1 is 1.35 bits per heavy atom. The fraction of sp³-hybridized carbons (Fsp3) is 0.312. The van der Waals surface area contributed by atoms with E-state index in [2.05, 4.69) is 41.0 Å². The smallest absolute Gasteiger partial charge is 0.188 e. The van der Waals surface area contributed by atoms with Crippen molar-refractivity contribution >= 4 is 39.0 Å². The van der Waals surface area contributed by atoms with Crippen LogP contribution in [0.3, 0.4) is 0 Å². The zero-order valence-electron chi connectivity index (χ0n) is 13.8. The minimum atomic E-state index is 0.688. The zero-order chi connectivity index (χ0) is 16.8. The highest BCUT2D eigenvalue weighted by molar-refractivity contribution is 8.11. The van der Waals surface area contributed by atoms with Gasteiger partial charge in [0.2, 0.25) is 0 Å². The molecule has 0 bridgehead atoms. The first-order valence-corrected chi connectivity index (χ1v) is 9.01. The van der Waals surface area contributed by atoms with Crippen molar-refractivity contribution in [2.45, 2.75) is 34.1 Å². The van der Waals surface area contributed by atoms with E-state index in [-0.39, 0.29) is 0 Å². The maximum Gasteiger partial charge on any atom is 0.188 e. The molecule has 0 aliphatic heterocycles. The Labute approximate surface area is 145 Å². The van der Waals surface area contributed by atoms with Crippen LogP contribution in [0.5, 0.6) is 0 Å². The number of rotatable bonds is 6. The highest BCUT2D eigenvalue weighted by Crippen LogP contribution is 2.36. The SMILES string of the molecule is CC/C=C(\N)SC(=C(C)C)c1csc(Nc2cnc(C)cn2)n1. The first kappa shape index (κ1) is 17.5. The Morgan fingerprint density at radius 2 is 2.13 bits per heavy atom. The van der Waals surface area contributed by atoms with Gasteiger partial charge in [0.25, 0.3) is 0 Å². The van der Waals surface area contributed by atoms with E-state index < -0.39 is 0 Å². The number of aryl methyl sites for hydroxylation is 1. The van der Waals surface area contributed by atoms with Gasteiger partial charge in [-0.1, -0.05) is 30.3 Å². The van der Waals surface area contributed by atoms with Gasteiger partial charge in [-0.3, -0.25) is 4.98 Å². The molecule has 0 aliphatic carbocycles. The summed E-state index contributed by atoms with van der Waals surface area (Å²) >= 11 is 3.10. The lowest BCUT2D eigenvalue weighted by atomic mass is 10.3. The average Bonchev–Trinajstić information content (AvgIpc) is 2.95. The predicted molar refractivity (Wildman–Crippen MR) is 101 cm³/mol. The number of allylic oxidation sites excluding steroid dienone is 2. The third kappa shape index (κ3) is 5.07. The molecule has 0 saturated carbocycles. The van der Waals surface area contributed by atoms with Crippen molar-refractivity contribution in [2.24, 2.45) is 5.73 Å². The largest absolute Gasteiger partial charge is 0.394 e. The van der Waals surface area contributed by atoms with E-state index >= 15 is 0 Å². The number of nitrogens with two attached hydrogens (primary N) is 1. The molecule has 0 aromatic carbocycles. The number of hydrogen-bond acceptors (Lipinski definition) is 7. The third-order valence-corrected chi connectivity index (χ3v) is 4.81. The summed E-state index contributed by atoms with van der Waals surface area (Å²) in [7, 11) is 0. The molecule has 2 heterocycles. The summed E-state index contributed by atoms with van der Waals surface area (Å²) in [4.78, 5) is 14.2. The van der Waals surface area contributed by atoms with Gasteiger partial charge in [0, 0.05) is 10.3 Å². The lowest BCUT2D eigenvalue weighted by Gasteiger charge is -2.07. The fourth-order valence-electron chi connectivity index (χ4n) is 1.77. The third-order valence-electron chi connectivity index (χ3n) is 2.83. The average molecular weight is 348 g/mol. The topological polar surface area (TPSA) is 76.7 Å². The van der Waals surface area contributed by atoms with Crippen LogP contribution in [0.25, 0.3) is 4.91 Å². The van der Waals surface area contributed by atoms with E-state index in [1.165, 1.54) is 16.9 Å². The van der Waals surface area contributed by atoms with Gasteiger partial charge in [-0.2, -0.15) is 0 Å². The minimum Gasteiger partial charge on any atom is -0.394 e. The van der Waals surface area contributed by atoms with Crippen LogP contribution in [-0.4, -0.2) is 15.0 Å². The number of nitrogens with zero attached hydrogens (tertiary/aromatic N) is 3. The minimum absolute atomic E-state index is 0.688. The summed E-state index contributed by atoms with van der Waals surface area (Å²) in [5.74, 6) is 0.688. The molecule has 0 fully saturated rings. The van der Waals surface area contributed by atoms with Crippen molar-refractivity contribution in [1.82, 2.24) is 15.0 Å². The van der Waals surface area contributed by atoms with Gasteiger partial charge in [-0.05, 0) is 27.2 Å². The zero-order valence-corrected chi connectivity index (χ0v) is 15.4. The molecule has 0 spiro atoms. The van der Waals surface area contributed by atoms with Crippen molar-refractivity contribution in [3.8, 4) is 0 Å². The second-order valence-electron chi connectivity index (χ2n) is 5.15. The van der Waals surface area contributed by atoms with Gasteiger partial charge in [-0.25, -0.2) is 9.97 Å². The maximum absolute atomic E-state index is 6.04. The second kappa shape index (κ2) is 8.12. The molecule has 2 aromatic heterocycles. The van der Waals surface area contributed by atoms with E-state index in [0.717, 1.165) is 32.9 Å². The number of thioether (sulfide) groups is 1. The Hall–Kier alpha value is -1.86. The van der Waals surface area contributed by atoms with Gasteiger partial charge >= 0.3 is 0 Å². The molecule has 122 valence electrons. The van der Waals surface area contributed by atoms with E-state index in [9.17, 15) is 0 Å². The van der Waals surface area contributed by atoms with Crippen LogP contribution in [0.1, 0.15) is 38.6 Å². The summed E-state index contributed by atoms with van der Waals surface area (Å²) in [5, 5.41) is 6.80. The van der Waals surface area contributed by atoms with Crippen LogP contribution in [-0.2, 0) is 0 Å². The lowest BCUT2D eigenvalue weighted by molar-refractivity contribution is 1.12. The van der Waals surface area contributed by atoms with Gasteiger partial charge in [0.05, 0.1) is 28.8 Å². The van der Waals surface area contributed by atoms with Crippen LogP contribution < -0.4 is 11.1 Å². The monoisotopic (exact) mass is 347 g/mol. The number of anilines is 2. The molecule has 0 amide bonds. The summed E-state index contributed by atoms with van der Waals surface area (Å²) in [6.45, 7) is 8.12. The summed E-state index contributed by atoms with van der Waals surface area (Å²) in [5.41, 5.74) is 9.04. The molecule has 0 unspecified atom stereocenters. The summed E-state index contributed by atoms with van der Waals surface area (Å²) < 4.78 is 0. The maximum atomic E-state index is 6.04. The van der Waals surface area contributed by atoms with Crippen LogP contribution in [0.15, 0.2) is 34.5 Å². The number of nitrogens with one attached hydrogen (secondary N) is 1. The van der Waals surface area contributed by atoms with Crippen LogP contribution in [0, 0.1) is 6.92 Å². The molecule has 2 aromatic rings. The Bertz CT molecular complexity index is 712.